The van der Waals surface area contributed by atoms with Crippen LogP contribution in [0.3, 0.4) is 0 Å². The lowest BCUT2D eigenvalue weighted by molar-refractivity contribution is 0.918. The van der Waals surface area contributed by atoms with Crippen LogP contribution in [-0.4, -0.2) is 0 Å². The minimum atomic E-state index is -0.0678. The highest BCUT2D eigenvalue weighted by Crippen LogP contribution is 2.30. The van der Waals surface area contributed by atoms with Crippen LogP contribution in [0.1, 0.15) is 22.1 Å². The van der Waals surface area contributed by atoms with E-state index in [9.17, 15) is 0 Å². The highest BCUT2D eigenvalue weighted by Gasteiger charge is 2.11. The van der Waals surface area contributed by atoms with Crippen molar-refractivity contribution in [3.8, 4) is 0 Å². The first kappa shape index (κ1) is 13.9. The molecule has 2 aromatic rings. The molecule has 0 aromatic heterocycles. The lowest BCUT2D eigenvalue weighted by Crippen LogP contribution is -1.97. The monoisotopic (exact) mass is 342 g/mol. The number of hydrogen-bond donors (Lipinski definition) is 0. The first-order valence-corrected chi connectivity index (χ1v) is 7.32. The summed E-state index contributed by atoms with van der Waals surface area (Å²) >= 11 is 16.1. The maximum atomic E-state index is 6.46. The predicted octanol–water partition coefficient (Wildman–Crippen LogP) is 5.93. The quantitative estimate of drug-likeness (QED) is 0.605. The van der Waals surface area contributed by atoms with E-state index in [4.69, 9.17) is 23.2 Å². The summed E-state index contributed by atoms with van der Waals surface area (Å²) in [4.78, 5) is 0. The van der Waals surface area contributed by atoms with Crippen molar-refractivity contribution in [3.63, 3.8) is 0 Å². The van der Waals surface area contributed by atoms with Crippen molar-refractivity contribution in [1.82, 2.24) is 0 Å². The summed E-state index contributed by atoms with van der Waals surface area (Å²) in [5.41, 5.74) is 3.39. The highest BCUT2D eigenvalue weighted by molar-refractivity contribution is 9.10. The molecule has 0 saturated heterocycles. The molecule has 1 unspecified atom stereocenters. The summed E-state index contributed by atoms with van der Waals surface area (Å²) < 4.78 is 1.09. The standard InChI is InChI=1S/C15H13BrCl2/c1-10-6-7-12(8-13(10)16)15(18)9-11-4-2-3-5-14(11)17/h2-8,15H,9H2,1H3. The summed E-state index contributed by atoms with van der Waals surface area (Å²) in [6, 6.07) is 14.0. The van der Waals surface area contributed by atoms with Gasteiger partial charge >= 0.3 is 0 Å². The van der Waals surface area contributed by atoms with Crippen molar-refractivity contribution in [2.24, 2.45) is 0 Å². The van der Waals surface area contributed by atoms with E-state index < -0.39 is 0 Å². The van der Waals surface area contributed by atoms with Gasteiger partial charge in [-0.1, -0.05) is 57.9 Å². The number of aryl methyl sites for hydroxylation is 1. The van der Waals surface area contributed by atoms with E-state index in [0.29, 0.717) is 0 Å². The van der Waals surface area contributed by atoms with E-state index >= 15 is 0 Å². The van der Waals surface area contributed by atoms with Gasteiger partial charge in [-0.3, -0.25) is 0 Å². The van der Waals surface area contributed by atoms with Crippen molar-refractivity contribution < 1.29 is 0 Å². The Kier molecular flexibility index (Phi) is 4.71. The second-order valence-corrected chi connectivity index (χ2v) is 6.06. The van der Waals surface area contributed by atoms with Crippen LogP contribution in [0.4, 0.5) is 0 Å². The van der Waals surface area contributed by atoms with Gasteiger partial charge < -0.3 is 0 Å². The molecule has 0 aliphatic heterocycles. The maximum Gasteiger partial charge on any atom is 0.0626 e. The molecule has 2 aromatic carbocycles. The van der Waals surface area contributed by atoms with Crippen molar-refractivity contribution in [2.75, 3.05) is 0 Å². The largest absolute Gasteiger partial charge is 0.117 e. The Labute approximate surface area is 126 Å². The van der Waals surface area contributed by atoms with Crippen molar-refractivity contribution in [2.45, 2.75) is 18.7 Å². The zero-order valence-corrected chi connectivity index (χ0v) is 13.1. The van der Waals surface area contributed by atoms with E-state index in [1.165, 1.54) is 5.56 Å². The number of alkyl halides is 1. The molecule has 0 aliphatic carbocycles. The zero-order chi connectivity index (χ0) is 13.1. The Bertz CT molecular complexity index is 552. The normalized spacial score (nSPS) is 12.4. The first-order chi connectivity index (χ1) is 8.58. The summed E-state index contributed by atoms with van der Waals surface area (Å²) in [5.74, 6) is 0. The van der Waals surface area contributed by atoms with E-state index in [2.05, 4.69) is 41.1 Å². The zero-order valence-electron chi connectivity index (χ0n) is 9.96. The van der Waals surface area contributed by atoms with Crippen LogP contribution in [0.2, 0.25) is 5.02 Å². The third-order valence-corrected chi connectivity index (χ3v) is 4.54. The number of hydrogen-bond acceptors (Lipinski definition) is 0. The fourth-order valence-electron chi connectivity index (χ4n) is 1.78. The molecule has 0 fully saturated rings. The van der Waals surface area contributed by atoms with Crippen LogP contribution in [0.5, 0.6) is 0 Å². The lowest BCUT2D eigenvalue weighted by atomic mass is 10.0. The van der Waals surface area contributed by atoms with Gasteiger partial charge in [-0.25, -0.2) is 0 Å². The summed E-state index contributed by atoms with van der Waals surface area (Å²) in [7, 11) is 0. The number of halogens is 3. The van der Waals surface area contributed by atoms with Crippen LogP contribution in [0.15, 0.2) is 46.9 Å². The molecule has 0 spiro atoms. The van der Waals surface area contributed by atoms with Gasteiger partial charge in [-0.15, -0.1) is 11.6 Å². The second kappa shape index (κ2) is 6.10. The fraction of sp³-hybridized carbons (Fsp3) is 0.200. The summed E-state index contributed by atoms with van der Waals surface area (Å²) in [5, 5.41) is 0.705. The van der Waals surface area contributed by atoms with Crippen LogP contribution >= 0.6 is 39.1 Å². The second-order valence-electron chi connectivity index (χ2n) is 4.27. The van der Waals surface area contributed by atoms with Crippen LogP contribution in [0, 0.1) is 6.92 Å². The molecule has 0 aliphatic rings. The van der Waals surface area contributed by atoms with E-state index in [1.54, 1.807) is 0 Å². The molecule has 0 saturated carbocycles. The molecule has 1 atom stereocenters. The van der Waals surface area contributed by atoms with Crippen molar-refractivity contribution >= 4 is 39.1 Å². The van der Waals surface area contributed by atoms with Gasteiger partial charge in [0.15, 0.2) is 0 Å². The smallest absolute Gasteiger partial charge is 0.0626 e. The molecule has 0 bridgehead atoms. The van der Waals surface area contributed by atoms with Crippen LogP contribution in [-0.2, 0) is 6.42 Å². The molecular formula is C15H13BrCl2. The summed E-state index contributed by atoms with van der Waals surface area (Å²) in [6.45, 7) is 2.06. The van der Waals surface area contributed by atoms with Gasteiger partial charge in [0.05, 0.1) is 5.38 Å². The van der Waals surface area contributed by atoms with Crippen molar-refractivity contribution in [1.29, 1.82) is 0 Å². The Balaban J connectivity index is 2.19. The summed E-state index contributed by atoms with van der Waals surface area (Å²) in [6.07, 6.45) is 0.733. The Morgan fingerprint density at radius 3 is 2.56 bits per heavy atom. The van der Waals surface area contributed by atoms with E-state index in [1.807, 2.05) is 24.3 Å². The maximum absolute atomic E-state index is 6.46. The molecule has 0 N–H and O–H groups in total. The average Bonchev–Trinajstić information content (AvgIpc) is 2.35. The first-order valence-electron chi connectivity index (χ1n) is 5.71. The third kappa shape index (κ3) is 3.28. The Morgan fingerprint density at radius 1 is 1.17 bits per heavy atom. The van der Waals surface area contributed by atoms with Gasteiger partial charge in [0.25, 0.3) is 0 Å². The van der Waals surface area contributed by atoms with Gasteiger partial charge in [-0.05, 0) is 42.2 Å². The van der Waals surface area contributed by atoms with Gasteiger partial charge in [0, 0.05) is 9.50 Å². The van der Waals surface area contributed by atoms with Crippen molar-refractivity contribution in [3.05, 3.63) is 68.7 Å². The third-order valence-electron chi connectivity index (χ3n) is 2.91. The topological polar surface area (TPSA) is 0 Å². The van der Waals surface area contributed by atoms with E-state index in [0.717, 1.165) is 27.0 Å². The highest BCUT2D eigenvalue weighted by atomic mass is 79.9. The minimum absolute atomic E-state index is 0.0678. The predicted molar refractivity (Wildman–Crippen MR) is 82.6 cm³/mol. The number of rotatable bonds is 3. The molecule has 3 heteroatoms. The molecule has 2 rings (SSSR count). The minimum Gasteiger partial charge on any atom is -0.117 e. The molecule has 0 nitrogen and oxygen atoms in total. The average molecular weight is 344 g/mol. The van der Waals surface area contributed by atoms with E-state index in [-0.39, 0.29) is 5.38 Å². The SMILES string of the molecule is Cc1ccc(C(Cl)Cc2ccccc2Cl)cc1Br. The van der Waals surface area contributed by atoms with Gasteiger partial charge in [0.1, 0.15) is 0 Å². The van der Waals surface area contributed by atoms with Crippen LogP contribution in [0.25, 0.3) is 0 Å². The molecule has 0 heterocycles. The molecule has 0 radical (unpaired) electrons. The fourth-order valence-corrected chi connectivity index (χ4v) is 2.69. The van der Waals surface area contributed by atoms with Crippen LogP contribution < -0.4 is 0 Å². The Hall–Kier alpha value is -0.500. The number of benzene rings is 2. The Morgan fingerprint density at radius 2 is 1.89 bits per heavy atom. The van der Waals surface area contributed by atoms with Gasteiger partial charge in [-0.2, -0.15) is 0 Å². The molecular weight excluding hydrogens is 331 g/mol. The lowest BCUT2D eigenvalue weighted by Gasteiger charge is -2.12. The molecule has 18 heavy (non-hydrogen) atoms. The molecule has 0 amide bonds. The molecule has 94 valence electrons. The van der Waals surface area contributed by atoms with Gasteiger partial charge in [0.2, 0.25) is 0 Å².